The van der Waals surface area contributed by atoms with Gasteiger partial charge in [0.2, 0.25) is 5.95 Å². The lowest BCUT2D eigenvalue weighted by Crippen LogP contribution is -2.12. The molecule has 0 bridgehead atoms. The molecule has 0 atom stereocenters. The van der Waals surface area contributed by atoms with Gasteiger partial charge in [0, 0.05) is 11.1 Å². The fraction of sp³-hybridized carbons (Fsp3) is 0.125. The van der Waals surface area contributed by atoms with Crippen molar-refractivity contribution < 1.29 is 22.3 Å². The molecule has 4 nitrogen and oxygen atoms in total. The lowest BCUT2D eigenvalue weighted by molar-refractivity contribution is -0.139. The van der Waals surface area contributed by atoms with E-state index in [0.29, 0.717) is 11.4 Å². The predicted molar refractivity (Wildman–Crippen MR) is 80.8 cm³/mol. The molecule has 0 amide bonds. The fourth-order valence-corrected chi connectivity index (χ4v) is 2.18. The first kappa shape index (κ1) is 16.0. The summed E-state index contributed by atoms with van der Waals surface area (Å²) in [6.07, 6.45) is -4.73. The topological polar surface area (TPSA) is 47.0 Å². The molecule has 0 saturated carbocycles. The number of nitrogens with one attached hydrogen (secondary N) is 1. The third-order valence-electron chi connectivity index (χ3n) is 3.27. The molecule has 0 aliphatic rings. The van der Waals surface area contributed by atoms with E-state index in [1.165, 1.54) is 13.2 Å². The van der Waals surface area contributed by atoms with Crippen LogP contribution in [0, 0.1) is 5.82 Å². The molecule has 0 unspecified atom stereocenters. The zero-order chi connectivity index (χ0) is 17.3. The summed E-state index contributed by atoms with van der Waals surface area (Å²) in [5.74, 6) is -0.412. The van der Waals surface area contributed by atoms with Gasteiger partial charge in [-0.1, -0.05) is 0 Å². The molecule has 124 valence electrons. The SMILES string of the molecule is COc1ccc(Nc2nc(C(F)(F)F)c3cc(F)ccc3n2)cc1. The first-order valence-electron chi connectivity index (χ1n) is 6.82. The Morgan fingerprint density at radius 3 is 2.33 bits per heavy atom. The Morgan fingerprint density at radius 2 is 1.71 bits per heavy atom. The van der Waals surface area contributed by atoms with Crippen LogP contribution in [-0.4, -0.2) is 17.1 Å². The average molecular weight is 337 g/mol. The molecular weight excluding hydrogens is 326 g/mol. The Morgan fingerprint density at radius 1 is 1.00 bits per heavy atom. The summed E-state index contributed by atoms with van der Waals surface area (Å²) >= 11 is 0. The number of hydrogen-bond acceptors (Lipinski definition) is 4. The van der Waals surface area contributed by atoms with Crippen molar-refractivity contribution in [1.82, 2.24) is 9.97 Å². The molecule has 0 radical (unpaired) electrons. The zero-order valence-electron chi connectivity index (χ0n) is 12.4. The van der Waals surface area contributed by atoms with Crippen molar-refractivity contribution in [1.29, 1.82) is 0 Å². The molecule has 1 heterocycles. The van der Waals surface area contributed by atoms with Crippen LogP contribution in [0.15, 0.2) is 42.5 Å². The number of fused-ring (bicyclic) bond motifs is 1. The van der Waals surface area contributed by atoms with Gasteiger partial charge in [-0.15, -0.1) is 0 Å². The third-order valence-corrected chi connectivity index (χ3v) is 3.27. The standard InChI is InChI=1S/C16H11F4N3O/c1-24-11-5-3-10(4-6-11)21-15-22-13-7-2-9(17)8-12(13)14(23-15)16(18,19)20/h2-8H,1H3,(H,21,22,23). The van der Waals surface area contributed by atoms with Gasteiger partial charge in [-0.3, -0.25) is 0 Å². The van der Waals surface area contributed by atoms with Crippen molar-refractivity contribution in [3.63, 3.8) is 0 Å². The number of halogens is 4. The van der Waals surface area contributed by atoms with Gasteiger partial charge >= 0.3 is 6.18 Å². The second kappa shape index (κ2) is 5.95. The smallest absolute Gasteiger partial charge is 0.434 e. The van der Waals surface area contributed by atoms with Gasteiger partial charge in [-0.2, -0.15) is 13.2 Å². The minimum atomic E-state index is -4.73. The zero-order valence-corrected chi connectivity index (χ0v) is 12.4. The van der Waals surface area contributed by atoms with Crippen molar-refractivity contribution >= 4 is 22.5 Å². The Balaban J connectivity index is 2.06. The van der Waals surface area contributed by atoms with Gasteiger partial charge in [0.05, 0.1) is 12.6 Å². The van der Waals surface area contributed by atoms with Gasteiger partial charge in [0.15, 0.2) is 5.69 Å². The maximum Gasteiger partial charge on any atom is 0.434 e. The number of anilines is 2. The van der Waals surface area contributed by atoms with Crippen LogP contribution in [0.1, 0.15) is 5.69 Å². The normalized spacial score (nSPS) is 11.5. The quantitative estimate of drug-likeness (QED) is 0.713. The van der Waals surface area contributed by atoms with Gasteiger partial charge in [0.1, 0.15) is 11.6 Å². The van der Waals surface area contributed by atoms with Gasteiger partial charge in [-0.05, 0) is 42.5 Å². The second-order valence-corrected chi connectivity index (χ2v) is 4.91. The summed E-state index contributed by atoms with van der Waals surface area (Å²) in [7, 11) is 1.50. The average Bonchev–Trinajstić information content (AvgIpc) is 2.54. The summed E-state index contributed by atoms with van der Waals surface area (Å²) in [4.78, 5) is 7.51. The summed E-state index contributed by atoms with van der Waals surface area (Å²) in [6, 6.07) is 9.52. The summed E-state index contributed by atoms with van der Waals surface area (Å²) in [5.41, 5.74) is -0.705. The van der Waals surface area contributed by atoms with E-state index in [1.54, 1.807) is 24.3 Å². The number of benzene rings is 2. The number of aromatic nitrogens is 2. The molecule has 1 N–H and O–H groups in total. The highest BCUT2D eigenvalue weighted by atomic mass is 19.4. The molecular formula is C16H11F4N3O. The largest absolute Gasteiger partial charge is 0.497 e. The van der Waals surface area contributed by atoms with E-state index in [9.17, 15) is 17.6 Å². The Kier molecular flexibility index (Phi) is 3.96. The summed E-state index contributed by atoms with van der Waals surface area (Å²) < 4.78 is 57.9. The summed E-state index contributed by atoms with van der Waals surface area (Å²) in [5, 5.41) is 2.32. The maximum absolute atomic E-state index is 13.3. The van der Waals surface area contributed by atoms with E-state index in [1.807, 2.05) is 0 Å². The Labute approximate surface area is 134 Å². The third kappa shape index (κ3) is 3.22. The van der Waals surface area contributed by atoms with Gasteiger partial charge < -0.3 is 10.1 Å². The lowest BCUT2D eigenvalue weighted by atomic mass is 10.2. The van der Waals surface area contributed by atoms with E-state index in [0.717, 1.165) is 12.1 Å². The minimum absolute atomic E-state index is 0.00487. The molecule has 0 spiro atoms. The van der Waals surface area contributed by atoms with Crippen LogP contribution >= 0.6 is 0 Å². The molecule has 0 aliphatic heterocycles. The van der Waals surface area contributed by atoms with Gasteiger partial charge in [-0.25, -0.2) is 14.4 Å². The molecule has 24 heavy (non-hydrogen) atoms. The fourth-order valence-electron chi connectivity index (χ4n) is 2.18. The first-order chi connectivity index (χ1) is 11.4. The molecule has 8 heteroatoms. The predicted octanol–water partition coefficient (Wildman–Crippen LogP) is 4.54. The molecule has 0 aliphatic carbocycles. The van der Waals surface area contributed by atoms with E-state index >= 15 is 0 Å². The van der Waals surface area contributed by atoms with E-state index in [-0.39, 0.29) is 16.9 Å². The molecule has 3 rings (SSSR count). The van der Waals surface area contributed by atoms with Crippen LogP contribution in [0.3, 0.4) is 0 Å². The highest BCUT2D eigenvalue weighted by Crippen LogP contribution is 2.34. The van der Waals surface area contributed by atoms with Crippen molar-refractivity contribution in [2.45, 2.75) is 6.18 Å². The Bertz CT molecular complexity index is 879. The van der Waals surface area contributed by atoms with Crippen molar-refractivity contribution in [2.75, 3.05) is 12.4 Å². The van der Waals surface area contributed by atoms with E-state index in [4.69, 9.17) is 4.74 Å². The van der Waals surface area contributed by atoms with Crippen LogP contribution in [0.25, 0.3) is 10.9 Å². The first-order valence-corrected chi connectivity index (χ1v) is 6.82. The number of nitrogens with zero attached hydrogens (tertiary/aromatic N) is 2. The monoisotopic (exact) mass is 337 g/mol. The van der Waals surface area contributed by atoms with Crippen LogP contribution in [0.2, 0.25) is 0 Å². The van der Waals surface area contributed by atoms with Crippen molar-refractivity contribution in [3.05, 3.63) is 54.0 Å². The molecule has 2 aromatic carbocycles. The molecule has 3 aromatic rings. The number of rotatable bonds is 3. The van der Waals surface area contributed by atoms with E-state index < -0.39 is 17.7 Å². The number of ether oxygens (including phenoxy) is 1. The van der Waals surface area contributed by atoms with Crippen LogP contribution in [-0.2, 0) is 6.18 Å². The molecule has 1 aromatic heterocycles. The van der Waals surface area contributed by atoms with E-state index in [2.05, 4.69) is 15.3 Å². The minimum Gasteiger partial charge on any atom is -0.497 e. The Hall–Kier alpha value is -2.90. The number of alkyl halides is 3. The lowest BCUT2D eigenvalue weighted by Gasteiger charge is -2.12. The number of hydrogen-bond donors (Lipinski definition) is 1. The van der Waals surface area contributed by atoms with Crippen molar-refractivity contribution in [3.8, 4) is 5.75 Å². The van der Waals surface area contributed by atoms with Gasteiger partial charge in [0.25, 0.3) is 0 Å². The maximum atomic E-state index is 13.3. The molecule has 0 fully saturated rings. The second-order valence-electron chi connectivity index (χ2n) is 4.91. The highest BCUT2D eigenvalue weighted by molar-refractivity contribution is 5.83. The van der Waals surface area contributed by atoms with Crippen LogP contribution in [0.5, 0.6) is 5.75 Å². The summed E-state index contributed by atoms with van der Waals surface area (Å²) in [6.45, 7) is 0. The number of methoxy groups -OCH3 is 1. The van der Waals surface area contributed by atoms with Crippen LogP contribution in [0.4, 0.5) is 29.2 Å². The van der Waals surface area contributed by atoms with Crippen LogP contribution < -0.4 is 10.1 Å². The molecule has 0 saturated heterocycles. The highest BCUT2D eigenvalue weighted by Gasteiger charge is 2.35. The van der Waals surface area contributed by atoms with Crippen molar-refractivity contribution in [2.24, 2.45) is 0 Å².